The lowest BCUT2D eigenvalue weighted by Gasteiger charge is -2.28. The van der Waals surface area contributed by atoms with E-state index in [1.807, 2.05) is 24.3 Å². The smallest absolute Gasteiger partial charge is 0.0991 e. The van der Waals surface area contributed by atoms with E-state index in [-0.39, 0.29) is 10.8 Å². The predicted octanol–water partition coefficient (Wildman–Crippen LogP) is 17.1. The molecule has 0 radical (unpaired) electrons. The van der Waals surface area contributed by atoms with Crippen molar-refractivity contribution in [3.63, 3.8) is 0 Å². The SMILES string of the molecule is CC(C)(C)c1ccc(N(c2ccc(-c3ccc(/C=C/c4ccc(-c5ccc(N(c6ccc(C#N)cc6)c6ccc([Si](C)(C)C)cc6)cc5)cc4)cc3)cc2)c2ccc(C(C)(C)C)cc2)cc1. The third kappa shape index (κ3) is 10.5. The van der Waals surface area contributed by atoms with Gasteiger partial charge in [-0.3, -0.25) is 0 Å². The Morgan fingerprint density at radius 1 is 0.364 bits per heavy atom. The lowest BCUT2D eigenvalue weighted by atomic mass is 9.86. The summed E-state index contributed by atoms with van der Waals surface area (Å²) in [5, 5.41) is 10.9. The molecule has 0 saturated heterocycles. The molecular weight excluding hydrogens is 815 g/mol. The molecule has 0 saturated carbocycles. The Bertz CT molecular complexity index is 2880. The van der Waals surface area contributed by atoms with Crippen LogP contribution in [-0.2, 0) is 10.8 Å². The molecule has 0 N–H and O–H groups in total. The van der Waals surface area contributed by atoms with Gasteiger partial charge >= 0.3 is 0 Å². The number of hydrogen-bond acceptors (Lipinski definition) is 3. The van der Waals surface area contributed by atoms with E-state index in [2.05, 4.69) is 259 Å². The van der Waals surface area contributed by atoms with Gasteiger partial charge in [-0.05, 0) is 140 Å². The van der Waals surface area contributed by atoms with Crippen LogP contribution in [0.5, 0.6) is 0 Å². The first kappa shape index (κ1) is 45.4. The van der Waals surface area contributed by atoms with Crippen LogP contribution in [0.1, 0.15) is 69.4 Å². The van der Waals surface area contributed by atoms with Crippen LogP contribution < -0.4 is 15.0 Å². The Kier molecular flexibility index (Phi) is 12.9. The molecule has 4 heteroatoms. The van der Waals surface area contributed by atoms with Gasteiger partial charge in [-0.15, -0.1) is 0 Å². The first-order chi connectivity index (χ1) is 31.5. The summed E-state index contributed by atoms with van der Waals surface area (Å²) in [6.07, 6.45) is 4.36. The van der Waals surface area contributed by atoms with Crippen LogP contribution >= 0.6 is 0 Å². The normalized spacial score (nSPS) is 11.9. The van der Waals surface area contributed by atoms with Crippen molar-refractivity contribution in [1.29, 1.82) is 5.26 Å². The van der Waals surface area contributed by atoms with E-state index < -0.39 is 8.07 Å². The molecule has 0 bridgehead atoms. The highest BCUT2D eigenvalue weighted by molar-refractivity contribution is 6.88. The lowest BCUT2D eigenvalue weighted by molar-refractivity contribution is 0.590. The van der Waals surface area contributed by atoms with Crippen LogP contribution in [0.4, 0.5) is 34.1 Å². The molecule has 328 valence electrons. The van der Waals surface area contributed by atoms with Crippen molar-refractivity contribution in [3.8, 4) is 28.3 Å². The number of anilines is 6. The molecule has 8 aromatic rings. The number of rotatable bonds is 11. The highest BCUT2D eigenvalue weighted by Crippen LogP contribution is 2.39. The average Bonchev–Trinajstić information content (AvgIpc) is 3.32. The summed E-state index contributed by atoms with van der Waals surface area (Å²) < 4.78 is 0. The van der Waals surface area contributed by atoms with Crippen molar-refractivity contribution in [3.05, 3.63) is 222 Å². The van der Waals surface area contributed by atoms with Gasteiger partial charge in [0.2, 0.25) is 0 Å². The summed E-state index contributed by atoms with van der Waals surface area (Å²) in [4.78, 5) is 4.60. The Morgan fingerprint density at radius 3 is 0.894 bits per heavy atom. The molecule has 0 amide bonds. The molecular formula is C62H61N3Si. The topological polar surface area (TPSA) is 30.3 Å². The first-order valence-corrected chi connectivity index (χ1v) is 26.5. The maximum Gasteiger partial charge on any atom is 0.0991 e. The highest BCUT2D eigenvalue weighted by Gasteiger charge is 2.20. The molecule has 0 unspecified atom stereocenters. The zero-order valence-electron chi connectivity index (χ0n) is 40.0. The molecule has 0 fully saturated rings. The quantitative estimate of drug-likeness (QED) is 0.0958. The summed E-state index contributed by atoms with van der Waals surface area (Å²) >= 11 is 0. The molecule has 8 aromatic carbocycles. The third-order valence-corrected chi connectivity index (χ3v) is 14.5. The number of hydrogen-bond donors (Lipinski definition) is 0. The fourth-order valence-corrected chi connectivity index (χ4v) is 9.45. The molecule has 0 aromatic heterocycles. The Balaban J connectivity index is 0.955. The number of nitrogens with zero attached hydrogens (tertiary/aromatic N) is 3. The second kappa shape index (κ2) is 18.7. The van der Waals surface area contributed by atoms with Crippen molar-refractivity contribution in [1.82, 2.24) is 0 Å². The van der Waals surface area contributed by atoms with Gasteiger partial charge in [-0.25, -0.2) is 0 Å². The van der Waals surface area contributed by atoms with E-state index in [1.54, 1.807) is 0 Å². The van der Waals surface area contributed by atoms with Crippen LogP contribution in [0.3, 0.4) is 0 Å². The Labute approximate surface area is 395 Å². The van der Waals surface area contributed by atoms with Gasteiger partial charge in [0.05, 0.1) is 19.7 Å². The van der Waals surface area contributed by atoms with Gasteiger partial charge in [0, 0.05) is 34.1 Å². The minimum Gasteiger partial charge on any atom is -0.311 e. The molecule has 8 rings (SSSR count). The molecule has 0 heterocycles. The van der Waals surface area contributed by atoms with E-state index in [0.717, 1.165) is 50.8 Å². The van der Waals surface area contributed by atoms with Gasteiger partial charge in [-0.1, -0.05) is 188 Å². The zero-order valence-corrected chi connectivity index (χ0v) is 41.0. The van der Waals surface area contributed by atoms with Gasteiger partial charge < -0.3 is 9.80 Å². The van der Waals surface area contributed by atoms with E-state index in [9.17, 15) is 5.26 Å². The molecule has 66 heavy (non-hydrogen) atoms. The van der Waals surface area contributed by atoms with Crippen LogP contribution in [0.25, 0.3) is 34.4 Å². The highest BCUT2D eigenvalue weighted by atomic mass is 28.3. The summed E-state index contributed by atoms with van der Waals surface area (Å²) in [5.74, 6) is 0. The van der Waals surface area contributed by atoms with Crippen molar-refractivity contribution in [2.75, 3.05) is 9.80 Å². The third-order valence-electron chi connectivity index (χ3n) is 12.4. The molecule has 0 atom stereocenters. The molecule has 0 aliphatic carbocycles. The van der Waals surface area contributed by atoms with Gasteiger partial charge in [0.1, 0.15) is 0 Å². The molecule has 3 nitrogen and oxygen atoms in total. The predicted molar refractivity (Wildman–Crippen MR) is 287 cm³/mol. The van der Waals surface area contributed by atoms with Crippen molar-refractivity contribution >= 4 is 59.5 Å². The number of benzene rings is 8. The summed E-state index contributed by atoms with van der Waals surface area (Å²) in [5.41, 5.74) is 17.0. The lowest BCUT2D eigenvalue weighted by Crippen LogP contribution is -2.37. The zero-order chi connectivity index (χ0) is 46.6. The molecule has 0 spiro atoms. The minimum absolute atomic E-state index is 0.0911. The van der Waals surface area contributed by atoms with E-state index in [0.29, 0.717) is 5.56 Å². The molecule has 0 aliphatic heterocycles. The second-order valence-electron chi connectivity index (χ2n) is 20.4. The maximum atomic E-state index is 9.43. The largest absolute Gasteiger partial charge is 0.311 e. The first-order valence-electron chi connectivity index (χ1n) is 23.0. The van der Waals surface area contributed by atoms with E-state index in [4.69, 9.17) is 0 Å². The summed E-state index contributed by atoms with van der Waals surface area (Å²) in [7, 11) is -1.44. The van der Waals surface area contributed by atoms with Crippen LogP contribution in [-0.4, -0.2) is 8.07 Å². The maximum absolute atomic E-state index is 9.43. The van der Waals surface area contributed by atoms with Crippen molar-refractivity contribution < 1.29 is 0 Å². The van der Waals surface area contributed by atoms with Crippen LogP contribution in [0, 0.1) is 11.3 Å². The Hall–Kier alpha value is -7.19. The Morgan fingerprint density at radius 2 is 0.621 bits per heavy atom. The number of nitriles is 1. The standard InChI is InChI=1S/C62H61N3Si/c1-61(2,3)52-26-36-57(37-27-52)65(58-38-28-53(29-39-58)62(4,5)6)56-34-24-51(25-35-56)49-20-14-46(15-21-49)11-10-45-12-18-48(19-13-45)50-22-32-55(33-23-50)64(54-30-16-47(44-63)17-31-54)59-40-42-60(43-41-59)66(7,8)9/h10-43H,1-9H3/b11-10+. The summed E-state index contributed by atoms with van der Waals surface area (Å²) in [6.45, 7) is 20.7. The van der Waals surface area contributed by atoms with E-state index >= 15 is 0 Å². The van der Waals surface area contributed by atoms with Crippen molar-refractivity contribution in [2.45, 2.75) is 72.0 Å². The average molecular weight is 876 g/mol. The summed E-state index contributed by atoms with van der Waals surface area (Å²) in [6, 6.07) is 72.3. The van der Waals surface area contributed by atoms with Crippen LogP contribution in [0.2, 0.25) is 19.6 Å². The van der Waals surface area contributed by atoms with Crippen molar-refractivity contribution in [2.24, 2.45) is 0 Å². The van der Waals surface area contributed by atoms with E-state index in [1.165, 1.54) is 33.0 Å². The fourth-order valence-electron chi connectivity index (χ4n) is 8.28. The second-order valence-corrected chi connectivity index (χ2v) is 25.5. The monoisotopic (exact) mass is 875 g/mol. The fraction of sp³-hybridized carbons (Fsp3) is 0.177. The van der Waals surface area contributed by atoms with Gasteiger partial charge in [0.15, 0.2) is 0 Å². The minimum atomic E-state index is -1.44. The van der Waals surface area contributed by atoms with Gasteiger partial charge in [0.25, 0.3) is 0 Å². The van der Waals surface area contributed by atoms with Gasteiger partial charge in [-0.2, -0.15) is 5.26 Å². The molecule has 0 aliphatic rings. The van der Waals surface area contributed by atoms with Crippen LogP contribution in [0.15, 0.2) is 194 Å².